The SMILES string of the molecule is Cl.Cl.O=C(c1cc(-c2cccnc2)nc2ccccc12)N1CC[C@@H]2CNC[C@@H]2CC1. The Morgan fingerprint density at radius 1 is 1.00 bits per heavy atom. The lowest BCUT2D eigenvalue weighted by atomic mass is 9.92. The predicted octanol–water partition coefficient (Wildman–Crippen LogP) is 4.21. The van der Waals surface area contributed by atoms with E-state index in [4.69, 9.17) is 4.98 Å². The molecule has 0 aliphatic carbocycles. The Bertz CT molecular complexity index is 1000. The highest BCUT2D eigenvalue weighted by Crippen LogP contribution is 2.30. The third kappa shape index (κ3) is 4.29. The molecule has 5 nitrogen and oxygen atoms in total. The second kappa shape index (κ2) is 9.73. The van der Waals surface area contributed by atoms with Gasteiger partial charge in [0.1, 0.15) is 0 Å². The number of amides is 1. The van der Waals surface area contributed by atoms with Gasteiger partial charge >= 0.3 is 0 Å². The first-order valence-electron chi connectivity index (χ1n) is 10.1. The van der Waals surface area contributed by atoms with E-state index in [0.29, 0.717) is 11.8 Å². The summed E-state index contributed by atoms with van der Waals surface area (Å²) < 4.78 is 0. The second-order valence-electron chi connectivity index (χ2n) is 7.86. The van der Waals surface area contributed by atoms with E-state index in [1.807, 2.05) is 47.4 Å². The maximum atomic E-state index is 13.5. The molecular formula is C23H26Cl2N4O. The van der Waals surface area contributed by atoms with Gasteiger partial charge in [-0.15, -0.1) is 24.8 Å². The molecule has 3 aromatic rings. The fraction of sp³-hybridized carbons (Fsp3) is 0.348. The van der Waals surface area contributed by atoms with Crippen molar-refractivity contribution in [2.24, 2.45) is 11.8 Å². The number of nitrogens with zero attached hydrogens (tertiary/aromatic N) is 3. The zero-order valence-electron chi connectivity index (χ0n) is 16.7. The molecule has 0 unspecified atom stereocenters. The maximum absolute atomic E-state index is 13.5. The van der Waals surface area contributed by atoms with Crippen LogP contribution in [0.15, 0.2) is 54.9 Å². The molecule has 4 heterocycles. The van der Waals surface area contributed by atoms with E-state index in [0.717, 1.165) is 66.7 Å². The molecule has 158 valence electrons. The molecule has 0 radical (unpaired) electrons. The van der Waals surface area contributed by atoms with Crippen molar-refractivity contribution >= 4 is 41.6 Å². The number of carbonyl (C=O) groups is 1. The molecule has 2 aromatic heterocycles. The lowest BCUT2D eigenvalue weighted by molar-refractivity contribution is 0.0760. The summed E-state index contributed by atoms with van der Waals surface area (Å²) in [6.45, 7) is 3.85. The van der Waals surface area contributed by atoms with E-state index in [2.05, 4.69) is 10.3 Å². The minimum absolute atomic E-state index is 0. The van der Waals surface area contributed by atoms with E-state index in [9.17, 15) is 4.79 Å². The molecule has 2 atom stereocenters. The summed E-state index contributed by atoms with van der Waals surface area (Å²) in [4.78, 5) is 24.6. The number of halogens is 2. The third-order valence-corrected chi connectivity index (χ3v) is 6.21. The van der Waals surface area contributed by atoms with Crippen molar-refractivity contribution in [3.05, 3.63) is 60.4 Å². The monoisotopic (exact) mass is 444 g/mol. The van der Waals surface area contributed by atoms with Crippen molar-refractivity contribution in [1.29, 1.82) is 0 Å². The summed E-state index contributed by atoms with van der Waals surface area (Å²) >= 11 is 0. The highest BCUT2D eigenvalue weighted by molar-refractivity contribution is 6.07. The Morgan fingerprint density at radius 2 is 1.73 bits per heavy atom. The number of likely N-dealkylation sites (tertiary alicyclic amines) is 1. The Kier molecular flexibility index (Phi) is 7.29. The molecule has 7 heteroatoms. The third-order valence-electron chi connectivity index (χ3n) is 6.21. The molecule has 1 aromatic carbocycles. The number of nitrogens with one attached hydrogen (secondary N) is 1. The van der Waals surface area contributed by atoms with E-state index in [1.54, 1.807) is 12.4 Å². The van der Waals surface area contributed by atoms with E-state index >= 15 is 0 Å². The molecule has 1 amide bonds. The van der Waals surface area contributed by atoms with Crippen LogP contribution in [-0.4, -0.2) is 47.0 Å². The Hall–Kier alpha value is -2.21. The van der Waals surface area contributed by atoms with Crippen LogP contribution in [0.4, 0.5) is 0 Å². The Balaban J connectivity index is 0.00000128. The Morgan fingerprint density at radius 3 is 2.43 bits per heavy atom. The zero-order valence-corrected chi connectivity index (χ0v) is 18.3. The second-order valence-corrected chi connectivity index (χ2v) is 7.86. The molecule has 5 rings (SSSR count). The first-order valence-corrected chi connectivity index (χ1v) is 10.1. The van der Waals surface area contributed by atoms with Crippen LogP contribution in [0.2, 0.25) is 0 Å². The molecule has 0 saturated carbocycles. The molecule has 0 spiro atoms. The van der Waals surface area contributed by atoms with Gasteiger partial charge in [-0.1, -0.05) is 18.2 Å². The minimum atomic E-state index is 0. The molecule has 30 heavy (non-hydrogen) atoms. The highest BCUT2D eigenvalue weighted by Gasteiger charge is 2.32. The maximum Gasteiger partial charge on any atom is 0.254 e. The molecule has 2 saturated heterocycles. The first kappa shape index (κ1) is 22.5. The average molecular weight is 445 g/mol. The van der Waals surface area contributed by atoms with Crippen molar-refractivity contribution in [2.45, 2.75) is 12.8 Å². The summed E-state index contributed by atoms with van der Waals surface area (Å²) in [5.41, 5.74) is 3.32. The first-order chi connectivity index (χ1) is 13.8. The number of rotatable bonds is 2. The number of hydrogen-bond donors (Lipinski definition) is 1. The number of para-hydroxylation sites is 1. The smallest absolute Gasteiger partial charge is 0.254 e. The standard InChI is InChI=1S/C23H24N4O.2ClH/c28-23(27-10-7-16-13-25-14-17(16)8-11-27)20-12-22(18-4-3-9-24-15-18)26-21-6-2-1-5-19(20)21;;/h1-6,9,12,15-17,25H,7-8,10-11,13-14H2;2*1H/t16-,17+;;. The van der Waals surface area contributed by atoms with Crippen molar-refractivity contribution in [1.82, 2.24) is 20.2 Å². The number of benzene rings is 1. The van der Waals surface area contributed by atoms with E-state index in [1.165, 1.54) is 0 Å². The van der Waals surface area contributed by atoms with Crippen LogP contribution in [0.1, 0.15) is 23.2 Å². The van der Waals surface area contributed by atoms with Gasteiger partial charge in [-0.3, -0.25) is 9.78 Å². The van der Waals surface area contributed by atoms with Crippen LogP contribution in [-0.2, 0) is 0 Å². The van der Waals surface area contributed by atoms with Gasteiger partial charge in [-0.2, -0.15) is 0 Å². The number of aromatic nitrogens is 2. The topological polar surface area (TPSA) is 58.1 Å². The quantitative estimate of drug-likeness (QED) is 0.642. The number of fused-ring (bicyclic) bond motifs is 2. The van der Waals surface area contributed by atoms with E-state index in [-0.39, 0.29) is 30.7 Å². The summed E-state index contributed by atoms with van der Waals surface area (Å²) in [5, 5.41) is 4.42. The number of pyridine rings is 2. The molecule has 0 bridgehead atoms. The van der Waals surface area contributed by atoms with Gasteiger partial charge in [-0.25, -0.2) is 4.98 Å². The molecule has 2 aliphatic heterocycles. The van der Waals surface area contributed by atoms with Gasteiger partial charge in [0.2, 0.25) is 0 Å². The number of carbonyl (C=O) groups excluding carboxylic acids is 1. The summed E-state index contributed by atoms with van der Waals surface area (Å²) in [7, 11) is 0. The van der Waals surface area contributed by atoms with Crippen LogP contribution in [0, 0.1) is 11.8 Å². The van der Waals surface area contributed by atoms with Gasteiger partial charge in [0.25, 0.3) is 5.91 Å². The van der Waals surface area contributed by atoms with Crippen molar-refractivity contribution in [3.8, 4) is 11.3 Å². The molecular weight excluding hydrogens is 419 g/mol. The van der Waals surface area contributed by atoms with Crippen LogP contribution in [0.3, 0.4) is 0 Å². The largest absolute Gasteiger partial charge is 0.339 e. The fourth-order valence-corrected chi connectivity index (χ4v) is 4.61. The Labute approximate surface area is 189 Å². The van der Waals surface area contributed by atoms with Crippen LogP contribution in [0.5, 0.6) is 0 Å². The lowest BCUT2D eigenvalue weighted by Gasteiger charge is -2.22. The fourth-order valence-electron chi connectivity index (χ4n) is 4.61. The highest BCUT2D eigenvalue weighted by atomic mass is 35.5. The summed E-state index contributed by atoms with van der Waals surface area (Å²) in [5.74, 6) is 1.53. The van der Waals surface area contributed by atoms with Gasteiger partial charge in [0.15, 0.2) is 0 Å². The zero-order chi connectivity index (χ0) is 18.9. The molecule has 1 N–H and O–H groups in total. The van der Waals surface area contributed by atoms with Gasteiger partial charge in [-0.05, 0) is 62.0 Å². The number of hydrogen-bond acceptors (Lipinski definition) is 4. The van der Waals surface area contributed by atoms with E-state index < -0.39 is 0 Å². The van der Waals surface area contributed by atoms with Crippen molar-refractivity contribution in [2.75, 3.05) is 26.2 Å². The van der Waals surface area contributed by atoms with Gasteiger partial charge in [0.05, 0.1) is 16.8 Å². The lowest BCUT2D eigenvalue weighted by Crippen LogP contribution is -2.33. The minimum Gasteiger partial charge on any atom is -0.339 e. The van der Waals surface area contributed by atoms with Crippen LogP contribution < -0.4 is 5.32 Å². The summed E-state index contributed by atoms with van der Waals surface area (Å²) in [6, 6.07) is 13.7. The predicted molar refractivity (Wildman–Crippen MR) is 124 cm³/mol. The van der Waals surface area contributed by atoms with Crippen molar-refractivity contribution in [3.63, 3.8) is 0 Å². The van der Waals surface area contributed by atoms with Gasteiger partial charge < -0.3 is 10.2 Å². The normalized spacial score (nSPS) is 20.6. The molecule has 2 aliphatic rings. The van der Waals surface area contributed by atoms with Crippen LogP contribution >= 0.6 is 24.8 Å². The van der Waals surface area contributed by atoms with Gasteiger partial charge in [0, 0.05) is 36.4 Å². The molecule has 2 fully saturated rings. The average Bonchev–Trinajstić information content (AvgIpc) is 3.11. The van der Waals surface area contributed by atoms with Crippen LogP contribution in [0.25, 0.3) is 22.2 Å². The summed E-state index contributed by atoms with van der Waals surface area (Å²) in [6.07, 6.45) is 5.72. The van der Waals surface area contributed by atoms with Crippen molar-refractivity contribution < 1.29 is 4.79 Å².